The molecule has 3 aromatic rings. The van der Waals surface area contributed by atoms with Gasteiger partial charge in [-0.3, -0.25) is 19.2 Å². The van der Waals surface area contributed by atoms with Crippen LogP contribution in [-0.2, 0) is 30.5 Å². The zero-order chi connectivity index (χ0) is 37.9. The van der Waals surface area contributed by atoms with E-state index < -0.39 is 71.4 Å². The highest BCUT2D eigenvalue weighted by Gasteiger charge is 2.37. The van der Waals surface area contributed by atoms with Crippen molar-refractivity contribution >= 4 is 29.6 Å². The number of carbonyl (C=O) groups is 5. The highest BCUT2D eigenvalue weighted by atomic mass is 19.1. The number of aromatic nitrogens is 1. The molecular weight excluding hydrogens is 666 g/mol. The Labute approximate surface area is 295 Å². The van der Waals surface area contributed by atoms with E-state index in [1.165, 1.54) is 4.90 Å². The van der Waals surface area contributed by atoms with Crippen LogP contribution in [0.5, 0.6) is 0 Å². The van der Waals surface area contributed by atoms with E-state index in [2.05, 4.69) is 10.6 Å². The van der Waals surface area contributed by atoms with E-state index in [1.807, 2.05) is 55.7 Å². The average Bonchev–Trinajstić information content (AvgIpc) is 3.47. The lowest BCUT2D eigenvalue weighted by Gasteiger charge is -2.41. The lowest BCUT2D eigenvalue weighted by molar-refractivity contribution is -0.142. The molecule has 0 unspecified atom stereocenters. The Bertz CT molecular complexity index is 1690. The molecule has 15 heteroatoms. The van der Waals surface area contributed by atoms with Gasteiger partial charge in [0.25, 0.3) is 0 Å². The minimum atomic E-state index is -1.34. The van der Waals surface area contributed by atoms with E-state index in [4.69, 9.17) is 11.5 Å². The molecule has 276 valence electrons. The van der Waals surface area contributed by atoms with Crippen LogP contribution >= 0.6 is 0 Å². The van der Waals surface area contributed by atoms with Gasteiger partial charge in [0, 0.05) is 55.5 Å². The van der Waals surface area contributed by atoms with Gasteiger partial charge in [-0.05, 0) is 48.1 Å². The number of carboxylic acid groups (broad SMARTS) is 1. The third kappa shape index (κ3) is 11.7. The molecule has 0 bridgehead atoms. The van der Waals surface area contributed by atoms with Crippen LogP contribution in [0.15, 0.2) is 60.8 Å². The Kier molecular flexibility index (Phi) is 14.4. The van der Waals surface area contributed by atoms with Crippen molar-refractivity contribution in [1.82, 2.24) is 20.1 Å². The molecule has 4 amide bonds. The van der Waals surface area contributed by atoms with Crippen molar-refractivity contribution < 1.29 is 43.0 Å². The molecule has 0 saturated heterocycles. The zero-order valence-corrected chi connectivity index (χ0v) is 28.9. The molecule has 0 fully saturated rings. The van der Waals surface area contributed by atoms with Crippen molar-refractivity contribution in [3.05, 3.63) is 83.7 Å². The van der Waals surface area contributed by atoms with E-state index in [1.54, 1.807) is 12.3 Å². The molecule has 2 aromatic carbocycles. The first-order chi connectivity index (χ1) is 24.0. The van der Waals surface area contributed by atoms with Gasteiger partial charge in [-0.15, -0.1) is 0 Å². The number of benzene rings is 2. The van der Waals surface area contributed by atoms with Crippen LogP contribution in [0.25, 0.3) is 11.1 Å². The van der Waals surface area contributed by atoms with Crippen LogP contribution in [0, 0.1) is 17.0 Å². The minimum absolute atomic E-state index is 0.0345. The fourth-order valence-corrected chi connectivity index (χ4v) is 5.75. The standard InChI is InChI=1S/C36H46F2N6O7/c1-36(2,3)33(29-17-23(25-18-24(37)9-10-26(25)38)20-43(29)19-22-7-5-4-6-8-22)44(32(48)21-45)16-14-27(39)34(49)41-15-13-31(47)42-28(35(50)51)11-12-30(40)46/h4-10,17-18,20,27-28,33,45H,11-16,19,21,39H2,1-3H3,(H2,40,46)(H,41,49)(H,42,47)(H,50,51)/t27-,28-,33-/m0/s1. The van der Waals surface area contributed by atoms with Gasteiger partial charge < -0.3 is 41.8 Å². The van der Waals surface area contributed by atoms with Gasteiger partial charge in [0.1, 0.15) is 24.3 Å². The van der Waals surface area contributed by atoms with E-state index >= 15 is 0 Å². The third-order valence-electron chi connectivity index (χ3n) is 8.21. The first-order valence-corrected chi connectivity index (χ1v) is 16.4. The van der Waals surface area contributed by atoms with Crippen molar-refractivity contribution in [2.45, 2.75) is 71.1 Å². The summed E-state index contributed by atoms with van der Waals surface area (Å²) in [6.45, 7) is 4.90. The lowest BCUT2D eigenvalue weighted by atomic mass is 9.82. The van der Waals surface area contributed by atoms with Gasteiger partial charge in [-0.25, -0.2) is 13.6 Å². The molecule has 0 spiro atoms. The smallest absolute Gasteiger partial charge is 0.326 e. The molecule has 1 heterocycles. The molecule has 0 radical (unpaired) electrons. The molecule has 0 aliphatic rings. The molecule has 0 aliphatic carbocycles. The molecule has 3 atom stereocenters. The highest BCUT2D eigenvalue weighted by Crippen LogP contribution is 2.41. The van der Waals surface area contributed by atoms with E-state index in [-0.39, 0.29) is 44.3 Å². The second kappa shape index (κ2) is 18.2. The summed E-state index contributed by atoms with van der Waals surface area (Å²) in [5.41, 5.74) is 12.5. The number of halogens is 2. The second-order valence-electron chi connectivity index (χ2n) is 13.3. The van der Waals surface area contributed by atoms with Crippen molar-refractivity contribution in [2.75, 3.05) is 19.7 Å². The maximum atomic E-state index is 15.0. The third-order valence-corrected chi connectivity index (χ3v) is 8.21. The molecule has 8 N–H and O–H groups in total. The number of carboxylic acids is 1. The highest BCUT2D eigenvalue weighted by molar-refractivity contribution is 5.85. The van der Waals surface area contributed by atoms with Crippen LogP contribution in [-0.4, -0.2) is 81.1 Å². The van der Waals surface area contributed by atoms with Gasteiger partial charge in [-0.2, -0.15) is 0 Å². The Morgan fingerprint density at radius 2 is 1.67 bits per heavy atom. The SMILES string of the molecule is CC(C)(C)[C@H](c1cc(-c2cc(F)ccc2F)cn1Cc1ccccc1)N(CC[C@H](N)C(=O)NCCC(=O)N[C@@H](CCC(N)=O)C(=O)O)C(=O)CO. The summed E-state index contributed by atoms with van der Waals surface area (Å²) in [5.74, 6) is -5.25. The van der Waals surface area contributed by atoms with Crippen LogP contribution < -0.4 is 22.1 Å². The number of aliphatic hydroxyl groups excluding tert-OH is 1. The molecule has 1 aromatic heterocycles. The fraction of sp³-hybridized carbons (Fsp3) is 0.417. The normalized spacial score (nSPS) is 13.2. The number of aliphatic carboxylic acids is 1. The molecule has 13 nitrogen and oxygen atoms in total. The predicted octanol–water partition coefficient (Wildman–Crippen LogP) is 2.45. The van der Waals surface area contributed by atoms with Gasteiger partial charge in [0.2, 0.25) is 23.6 Å². The number of rotatable bonds is 18. The summed E-state index contributed by atoms with van der Waals surface area (Å²) in [5, 5.41) is 24.1. The molecule has 3 rings (SSSR count). The molecule has 51 heavy (non-hydrogen) atoms. The summed E-state index contributed by atoms with van der Waals surface area (Å²) >= 11 is 0. The second-order valence-corrected chi connectivity index (χ2v) is 13.3. The topological polar surface area (TPSA) is 210 Å². The molecular formula is C36H46F2N6O7. The van der Waals surface area contributed by atoms with Gasteiger partial charge in [0.05, 0.1) is 12.1 Å². The Morgan fingerprint density at radius 1 is 0.980 bits per heavy atom. The number of carbonyl (C=O) groups excluding carboxylic acids is 4. The van der Waals surface area contributed by atoms with Gasteiger partial charge >= 0.3 is 5.97 Å². The molecule has 0 aliphatic heterocycles. The first-order valence-electron chi connectivity index (χ1n) is 16.4. The van der Waals surface area contributed by atoms with E-state index in [0.29, 0.717) is 17.8 Å². The summed E-state index contributed by atoms with van der Waals surface area (Å²) in [4.78, 5) is 62.3. The van der Waals surface area contributed by atoms with Crippen molar-refractivity contribution in [2.24, 2.45) is 16.9 Å². The average molecular weight is 713 g/mol. The predicted molar refractivity (Wildman–Crippen MR) is 185 cm³/mol. The summed E-state index contributed by atoms with van der Waals surface area (Å²) in [6, 6.07) is 11.1. The number of primary amides is 1. The van der Waals surface area contributed by atoms with Crippen molar-refractivity contribution in [1.29, 1.82) is 0 Å². The monoisotopic (exact) mass is 712 g/mol. The van der Waals surface area contributed by atoms with Crippen molar-refractivity contribution in [3.8, 4) is 11.1 Å². The lowest BCUT2D eigenvalue weighted by Crippen LogP contribution is -2.48. The van der Waals surface area contributed by atoms with Crippen LogP contribution in [0.1, 0.15) is 63.8 Å². The van der Waals surface area contributed by atoms with Crippen molar-refractivity contribution in [3.63, 3.8) is 0 Å². The maximum absolute atomic E-state index is 15.0. The van der Waals surface area contributed by atoms with Crippen LogP contribution in [0.3, 0.4) is 0 Å². The number of nitrogens with one attached hydrogen (secondary N) is 2. The minimum Gasteiger partial charge on any atom is -0.480 e. The Hall–Kier alpha value is -5.15. The maximum Gasteiger partial charge on any atom is 0.326 e. The number of hydrogen-bond acceptors (Lipinski definition) is 7. The first kappa shape index (κ1) is 40.3. The summed E-state index contributed by atoms with van der Waals surface area (Å²) in [6.07, 6.45) is 0.945. The number of hydrogen-bond donors (Lipinski definition) is 6. The largest absolute Gasteiger partial charge is 0.480 e. The Morgan fingerprint density at radius 3 is 2.27 bits per heavy atom. The summed E-state index contributed by atoms with van der Waals surface area (Å²) < 4.78 is 31.1. The molecule has 0 saturated carbocycles. The van der Waals surface area contributed by atoms with Gasteiger partial charge in [0.15, 0.2) is 0 Å². The quantitative estimate of drug-likeness (QED) is 0.115. The summed E-state index contributed by atoms with van der Waals surface area (Å²) in [7, 11) is 0. The van der Waals surface area contributed by atoms with Crippen LogP contribution in [0.2, 0.25) is 0 Å². The number of amides is 4. The van der Waals surface area contributed by atoms with E-state index in [0.717, 1.165) is 23.8 Å². The zero-order valence-electron chi connectivity index (χ0n) is 28.9. The van der Waals surface area contributed by atoms with Crippen LogP contribution in [0.4, 0.5) is 8.78 Å². The van der Waals surface area contributed by atoms with E-state index in [9.17, 15) is 43.0 Å². The number of nitrogens with zero attached hydrogens (tertiary/aromatic N) is 2. The number of nitrogens with two attached hydrogens (primary N) is 2. The Balaban J connectivity index is 1.82. The number of aliphatic hydroxyl groups is 1. The fourth-order valence-electron chi connectivity index (χ4n) is 5.75. The van der Waals surface area contributed by atoms with Gasteiger partial charge in [-0.1, -0.05) is 51.1 Å².